The summed E-state index contributed by atoms with van der Waals surface area (Å²) in [6.45, 7) is 0.329. The topological polar surface area (TPSA) is 58.8 Å². The number of rotatable bonds is 3. The summed E-state index contributed by atoms with van der Waals surface area (Å²) in [6, 6.07) is 7.47. The second kappa shape index (κ2) is 5.05. The lowest BCUT2D eigenvalue weighted by Crippen LogP contribution is -1.96. The van der Waals surface area contributed by atoms with E-state index < -0.39 is 0 Å². The first-order valence-corrected chi connectivity index (χ1v) is 5.99. The minimum atomic E-state index is 0.329. The molecule has 0 unspecified atom stereocenters. The molecule has 0 aliphatic rings. The first kappa shape index (κ1) is 11.0. The Morgan fingerprint density at radius 2 is 2.38 bits per heavy atom. The van der Waals surface area contributed by atoms with Gasteiger partial charge in [-0.05, 0) is 22.0 Å². The van der Waals surface area contributed by atoms with Crippen LogP contribution < -0.4 is 4.74 Å². The third kappa shape index (κ3) is 2.78. The van der Waals surface area contributed by atoms with Gasteiger partial charge >= 0.3 is 0 Å². The predicted octanol–water partition coefficient (Wildman–Crippen LogP) is 2.75. The molecular weight excluding hydrogens is 290 g/mol. The van der Waals surface area contributed by atoms with E-state index in [4.69, 9.17) is 10.00 Å². The molecule has 2 heterocycles. The lowest BCUT2D eigenvalue weighted by atomic mass is 10.5. The zero-order chi connectivity index (χ0) is 11.4. The molecule has 0 aliphatic carbocycles. The van der Waals surface area contributed by atoms with Gasteiger partial charge in [0.25, 0.3) is 0 Å². The zero-order valence-corrected chi connectivity index (χ0v) is 10.5. The summed E-state index contributed by atoms with van der Waals surface area (Å²) in [5, 5.41) is 9.40. The molecule has 0 radical (unpaired) electrons. The molecule has 2 rings (SSSR count). The van der Waals surface area contributed by atoms with Crippen molar-refractivity contribution in [3.05, 3.63) is 38.9 Å². The van der Waals surface area contributed by atoms with Gasteiger partial charge in [-0.2, -0.15) is 5.26 Å². The smallest absolute Gasteiger partial charge is 0.214 e. The summed E-state index contributed by atoms with van der Waals surface area (Å²) in [7, 11) is 0. The Balaban J connectivity index is 2.00. The highest BCUT2D eigenvalue weighted by molar-refractivity contribution is 9.10. The number of pyridine rings is 1. The minimum Gasteiger partial charge on any atom is -0.470 e. The van der Waals surface area contributed by atoms with Crippen molar-refractivity contribution in [1.82, 2.24) is 9.97 Å². The van der Waals surface area contributed by atoms with Crippen LogP contribution >= 0.6 is 27.3 Å². The van der Waals surface area contributed by atoms with Crippen molar-refractivity contribution in [2.75, 3.05) is 0 Å². The van der Waals surface area contributed by atoms with Gasteiger partial charge in [-0.1, -0.05) is 6.07 Å². The molecular formula is C10H6BrN3OS. The molecule has 2 aromatic heterocycles. The average molecular weight is 296 g/mol. The lowest BCUT2D eigenvalue weighted by molar-refractivity contribution is 0.293. The fourth-order valence-corrected chi connectivity index (χ4v) is 1.99. The highest BCUT2D eigenvalue weighted by Crippen LogP contribution is 2.16. The molecule has 6 heteroatoms. The van der Waals surface area contributed by atoms with E-state index in [9.17, 15) is 0 Å². The standard InChI is InChI=1S/C10H6BrN3OS/c11-8-2-1-3-9(14-8)15-6-10-13-5-7(4-12)16-10/h1-3,5H,6H2. The maximum absolute atomic E-state index is 8.63. The van der Waals surface area contributed by atoms with E-state index in [1.54, 1.807) is 6.07 Å². The van der Waals surface area contributed by atoms with Crippen LogP contribution in [0.4, 0.5) is 0 Å². The minimum absolute atomic E-state index is 0.329. The molecule has 0 bridgehead atoms. The summed E-state index contributed by atoms with van der Waals surface area (Å²) in [5.41, 5.74) is 0. The van der Waals surface area contributed by atoms with Crippen LogP contribution in [-0.2, 0) is 6.61 Å². The quantitative estimate of drug-likeness (QED) is 0.817. The second-order valence-corrected chi connectivity index (χ2v) is 4.74. The number of thiazole rings is 1. The monoisotopic (exact) mass is 295 g/mol. The second-order valence-electron chi connectivity index (χ2n) is 2.82. The van der Waals surface area contributed by atoms with Gasteiger partial charge in [0, 0.05) is 6.07 Å². The fraction of sp³-hybridized carbons (Fsp3) is 0.100. The van der Waals surface area contributed by atoms with E-state index in [1.807, 2.05) is 18.2 Å². The number of nitriles is 1. The molecule has 4 nitrogen and oxygen atoms in total. The van der Waals surface area contributed by atoms with Gasteiger partial charge in [0.2, 0.25) is 5.88 Å². The largest absolute Gasteiger partial charge is 0.470 e. The van der Waals surface area contributed by atoms with Crippen LogP contribution in [-0.4, -0.2) is 9.97 Å². The third-order valence-electron chi connectivity index (χ3n) is 1.70. The molecule has 0 fully saturated rings. The highest BCUT2D eigenvalue weighted by Gasteiger charge is 2.03. The third-order valence-corrected chi connectivity index (χ3v) is 3.01. The first-order chi connectivity index (χ1) is 7.78. The fourth-order valence-electron chi connectivity index (χ4n) is 1.03. The van der Waals surface area contributed by atoms with Crippen LogP contribution in [0.5, 0.6) is 5.88 Å². The van der Waals surface area contributed by atoms with Crippen molar-refractivity contribution in [3.63, 3.8) is 0 Å². The predicted molar refractivity (Wildman–Crippen MR) is 63.1 cm³/mol. The van der Waals surface area contributed by atoms with Gasteiger partial charge in [-0.25, -0.2) is 9.97 Å². The van der Waals surface area contributed by atoms with Crippen LogP contribution in [0.3, 0.4) is 0 Å². The van der Waals surface area contributed by atoms with Crippen LogP contribution in [0, 0.1) is 11.3 Å². The van der Waals surface area contributed by atoms with Gasteiger partial charge in [0.15, 0.2) is 0 Å². The van der Waals surface area contributed by atoms with E-state index in [0.717, 1.165) is 9.61 Å². The van der Waals surface area contributed by atoms with E-state index >= 15 is 0 Å². The van der Waals surface area contributed by atoms with E-state index in [2.05, 4.69) is 25.9 Å². The van der Waals surface area contributed by atoms with Crippen molar-refractivity contribution >= 4 is 27.3 Å². The van der Waals surface area contributed by atoms with Crippen LogP contribution in [0.1, 0.15) is 9.88 Å². The Bertz CT molecular complexity index is 535. The average Bonchev–Trinajstić information content (AvgIpc) is 2.74. The van der Waals surface area contributed by atoms with E-state index in [-0.39, 0.29) is 0 Å². The molecule has 0 amide bonds. The molecule has 0 spiro atoms. The summed E-state index contributed by atoms with van der Waals surface area (Å²) in [4.78, 5) is 8.76. The van der Waals surface area contributed by atoms with Crippen molar-refractivity contribution in [1.29, 1.82) is 5.26 Å². The van der Waals surface area contributed by atoms with Crippen LogP contribution in [0.15, 0.2) is 29.0 Å². The van der Waals surface area contributed by atoms with Gasteiger partial charge in [-0.3, -0.25) is 0 Å². The Morgan fingerprint density at radius 1 is 1.50 bits per heavy atom. The Labute approximate surface area is 105 Å². The molecule has 0 atom stereocenters. The summed E-state index contributed by atoms with van der Waals surface area (Å²) in [6.07, 6.45) is 1.54. The lowest BCUT2D eigenvalue weighted by Gasteiger charge is -2.02. The van der Waals surface area contributed by atoms with Crippen LogP contribution in [0.25, 0.3) is 0 Å². The van der Waals surface area contributed by atoms with Crippen molar-refractivity contribution in [3.8, 4) is 11.9 Å². The molecule has 0 aromatic carbocycles. The summed E-state index contributed by atoms with van der Waals surface area (Å²) in [5.74, 6) is 0.531. The van der Waals surface area contributed by atoms with E-state index in [1.165, 1.54) is 17.5 Å². The molecule has 2 aromatic rings. The Hall–Kier alpha value is -1.45. The maximum Gasteiger partial charge on any atom is 0.214 e. The van der Waals surface area contributed by atoms with Crippen LogP contribution in [0.2, 0.25) is 0 Å². The van der Waals surface area contributed by atoms with Crippen molar-refractivity contribution < 1.29 is 4.74 Å². The molecule has 0 saturated carbocycles. The maximum atomic E-state index is 8.63. The number of hydrogen-bond acceptors (Lipinski definition) is 5. The van der Waals surface area contributed by atoms with Gasteiger partial charge in [-0.15, -0.1) is 11.3 Å². The van der Waals surface area contributed by atoms with Gasteiger partial charge < -0.3 is 4.74 Å². The Morgan fingerprint density at radius 3 is 3.06 bits per heavy atom. The number of ether oxygens (including phenoxy) is 1. The molecule has 16 heavy (non-hydrogen) atoms. The summed E-state index contributed by atoms with van der Waals surface area (Å²) >= 11 is 4.58. The normalized spacial score (nSPS) is 9.75. The number of halogens is 1. The van der Waals surface area contributed by atoms with Crippen molar-refractivity contribution in [2.45, 2.75) is 6.61 Å². The molecule has 0 N–H and O–H groups in total. The first-order valence-electron chi connectivity index (χ1n) is 4.38. The highest BCUT2D eigenvalue weighted by atomic mass is 79.9. The summed E-state index contributed by atoms with van der Waals surface area (Å²) < 4.78 is 6.15. The number of nitrogens with zero attached hydrogens (tertiary/aromatic N) is 3. The van der Waals surface area contributed by atoms with E-state index in [0.29, 0.717) is 17.4 Å². The van der Waals surface area contributed by atoms with Gasteiger partial charge in [0.05, 0.1) is 6.20 Å². The number of aromatic nitrogens is 2. The molecule has 80 valence electrons. The Kier molecular flexibility index (Phi) is 3.49. The van der Waals surface area contributed by atoms with Gasteiger partial charge in [0.1, 0.15) is 27.2 Å². The SMILES string of the molecule is N#Cc1cnc(COc2cccc(Br)n2)s1. The zero-order valence-electron chi connectivity index (χ0n) is 8.05. The molecule has 0 saturated heterocycles. The number of hydrogen-bond donors (Lipinski definition) is 0. The van der Waals surface area contributed by atoms with Crippen molar-refractivity contribution in [2.24, 2.45) is 0 Å². The molecule has 0 aliphatic heterocycles.